The van der Waals surface area contributed by atoms with Gasteiger partial charge in [-0.05, 0) is 25.5 Å². The van der Waals surface area contributed by atoms with Crippen LogP contribution in [0.2, 0.25) is 0 Å². The molecule has 1 aromatic heterocycles. The maximum absolute atomic E-state index is 9.49. The van der Waals surface area contributed by atoms with Gasteiger partial charge in [0.2, 0.25) is 0 Å². The molecule has 0 aliphatic heterocycles. The zero-order chi connectivity index (χ0) is 11.0. The zero-order valence-corrected chi connectivity index (χ0v) is 9.49. The predicted molar refractivity (Wildman–Crippen MR) is 63.0 cm³/mol. The van der Waals surface area contributed by atoms with E-state index in [2.05, 4.69) is 30.7 Å². The molecule has 0 radical (unpaired) electrons. The highest BCUT2D eigenvalue weighted by Crippen LogP contribution is 2.25. The lowest BCUT2D eigenvalue weighted by molar-refractivity contribution is 0.195. The Kier molecular flexibility index (Phi) is 2.53. The normalized spacial score (nSPS) is 13.3. The molecule has 0 amide bonds. The lowest BCUT2D eigenvalue weighted by Crippen LogP contribution is -2.05. The molecule has 1 atom stereocenters. The molecule has 0 saturated carbocycles. The van der Waals surface area contributed by atoms with Crippen LogP contribution in [0.1, 0.15) is 18.2 Å². The van der Waals surface area contributed by atoms with Gasteiger partial charge in [0, 0.05) is 30.1 Å². The first-order valence-corrected chi connectivity index (χ1v) is 5.32. The molecule has 1 N–H and O–H groups in total. The van der Waals surface area contributed by atoms with Crippen LogP contribution in [-0.2, 0) is 13.5 Å². The van der Waals surface area contributed by atoms with Crippen molar-refractivity contribution in [3.05, 3.63) is 35.5 Å². The van der Waals surface area contributed by atoms with Gasteiger partial charge < -0.3 is 9.67 Å². The Balaban J connectivity index is 2.66. The Morgan fingerprint density at radius 3 is 2.67 bits per heavy atom. The van der Waals surface area contributed by atoms with Crippen molar-refractivity contribution in [2.45, 2.75) is 26.4 Å². The predicted octanol–water partition coefficient (Wildman–Crippen LogP) is 2.41. The largest absolute Gasteiger partial charge is 0.393 e. The first kappa shape index (κ1) is 10.2. The van der Waals surface area contributed by atoms with Crippen LogP contribution in [0.3, 0.4) is 0 Å². The Bertz CT molecular complexity index is 482. The molecule has 0 unspecified atom stereocenters. The van der Waals surface area contributed by atoms with Crippen LogP contribution < -0.4 is 0 Å². The number of rotatable bonds is 2. The van der Waals surface area contributed by atoms with Gasteiger partial charge >= 0.3 is 0 Å². The molecular weight excluding hydrogens is 186 g/mol. The molecule has 0 aliphatic carbocycles. The van der Waals surface area contributed by atoms with E-state index in [1.807, 2.05) is 19.1 Å². The molecule has 0 fully saturated rings. The average Bonchev–Trinajstić information content (AvgIpc) is 2.44. The average molecular weight is 203 g/mol. The van der Waals surface area contributed by atoms with Crippen molar-refractivity contribution in [1.82, 2.24) is 4.57 Å². The molecule has 0 bridgehead atoms. The lowest BCUT2D eigenvalue weighted by Gasteiger charge is -2.04. The van der Waals surface area contributed by atoms with Crippen molar-refractivity contribution >= 4 is 10.9 Å². The highest BCUT2D eigenvalue weighted by atomic mass is 16.3. The van der Waals surface area contributed by atoms with Gasteiger partial charge in [0.25, 0.3) is 0 Å². The summed E-state index contributed by atoms with van der Waals surface area (Å²) in [5.74, 6) is 0. The second-order valence-corrected chi connectivity index (χ2v) is 4.19. The van der Waals surface area contributed by atoms with Crippen molar-refractivity contribution in [1.29, 1.82) is 0 Å². The molecule has 1 heterocycles. The van der Waals surface area contributed by atoms with Crippen molar-refractivity contribution < 1.29 is 5.11 Å². The van der Waals surface area contributed by atoms with Crippen molar-refractivity contribution in [2.75, 3.05) is 0 Å². The smallest absolute Gasteiger partial charge is 0.0553 e. The number of fused-ring (bicyclic) bond motifs is 1. The Morgan fingerprint density at radius 2 is 2.00 bits per heavy atom. The number of hydrogen-bond acceptors (Lipinski definition) is 1. The fourth-order valence-electron chi connectivity index (χ4n) is 2.15. The molecule has 2 heteroatoms. The third-order valence-corrected chi connectivity index (χ3v) is 3.03. The van der Waals surface area contributed by atoms with Crippen LogP contribution in [-0.4, -0.2) is 15.8 Å². The Hall–Kier alpha value is -1.28. The maximum atomic E-state index is 9.49. The fourth-order valence-corrected chi connectivity index (χ4v) is 2.15. The molecule has 2 aromatic rings. The molecule has 2 nitrogen and oxygen atoms in total. The van der Waals surface area contributed by atoms with E-state index in [1.54, 1.807) is 0 Å². The van der Waals surface area contributed by atoms with Crippen LogP contribution in [0.4, 0.5) is 0 Å². The molecule has 2 rings (SSSR count). The SMILES string of the molecule is Cc1c(C[C@@H](C)O)c2ccccc2n1C. The summed E-state index contributed by atoms with van der Waals surface area (Å²) in [7, 11) is 2.07. The minimum atomic E-state index is -0.283. The van der Waals surface area contributed by atoms with Gasteiger partial charge in [0.05, 0.1) is 6.10 Å². The minimum absolute atomic E-state index is 0.283. The van der Waals surface area contributed by atoms with Crippen molar-refractivity contribution in [2.24, 2.45) is 7.05 Å². The van der Waals surface area contributed by atoms with Crippen LogP contribution in [0.25, 0.3) is 10.9 Å². The standard InChI is InChI=1S/C13H17NO/c1-9(15)8-12-10(2)14(3)13-7-5-4-6-11(12)13/h4-7,9,15H,8H2,1-3H3/t9-/m1/s1. The van der Waals surface area contributed by atoms with Crippen LogP contribution in [0.5, 0.6) is 0 Å². The number of aliphatic hydroxyl groups is 1. The van der Waals surface area contributed by atoms with Gasteiger partial charge in [0.1, 0.15) is 0 Å². The topological polar surface area (TPSA) is 25.2 Å². The van der Waals surface area contributed by atoms with E-state index >= 15 is 0 Å². The number of para-hydroxylation sites is 1. The minimum Gasteiger partial charge on any atom is -0.393 e. The Labute approximate surface area is 90.2 Å². The monoisotopic (exact) mass is 203 g/mol. The second kappa shape index (κ2) is 3.70. The molecular formula is C13H17NO. The first-order chi connectivity index (χ1) is 7.11. The summed E-state index contributed by atoms with van der Waals surface area (Å²) in [6, 6.07) is 8.34. The van der Waals surface area contributed by atoms with Gasteiger partial charge in [-0.1, -0.05) is 18.2 Å². The van der Waals surface area contributed by atoms with Gasteiger partial charge in [0.15, 0.2) is 0 Å². The van der Waals surface area contributed by atoms with Crippen LogP contribution in [0, 0.1) is 6.92 Å². The molecule has 1 aromatic carbocycles. The molecule has 80 valence electrons. The summed E-state index contributed by atoms with van der Waals surface area (Å²) in [6.07, 6.45) is 0.446. The van der Waals surface area contributed by atoms with Crippen molar-refractivity contribution in [3.63, 3.8) is 0 Å². The van der Waals surface area contributed by atoms with E-state index in [0.717, 1.165) is 6.42 Å². The summed E-state index contributed by atoms with van der Waals surface area (Å²) < 4.78 is 2.19. The van der Waals surface area contributed by atoms with E-state index in [9.17, 15) is 5.11 Å². The van der Waals surface area contributed by atoms with Gasteiger partial charge in [-0.15, -0.1) is 0 Å². The van der Waals surface area contributed by atoms with Gasteiger partial charge in [-0.3, -0.25) is 0 Å². The third kappa shape index (κ3) is 1.65. The highest BCUT2D eigenvalue weighted by Gasteiger charge is 2.12. The van der Waals surface area contributed by atoms with Gasteiger partial charge in [-0.25, -0.2) is 0 Å². The molecule has 15 heavy (non-hydrogen) atoms. The maximum Gasteiger partial charge on any atom is 0.0553 e. The molecule has 0 aliphatic rings. The fraction of sp³-hybridized carbons (Fsp3) is 0.385. The number of benzene rings is 1. The first-order valence-electron chi connectivity index (χ1n) is 5.32. The van der Waals surface area contributed by atoms with E-state index < -0.39 is 0 Å². The summed E-state index contributed by atoms with van der Waals surface area (Å²) in [6.45, 7) is 3.94. The van der Waals surface area contributed by atoms with Crippen LogP contribution >= 0.6 is 0 Å². The number of aryl methyl sites for hydroxylation is 1. The molecule has 0 saturated heterocycles. The zero-order valence-electron chi connectivity index (χ0n) is 9.49. The number of hydrogen-bond donors (Lipinski definition) is 1. The number of aromatic nitrogens is 1. The second-order valence-electron chi connectivity index (χ2n) is 4.19. The summed E-state index contributed by atoms with van der Waals surface area (Å²) in [5, 5.41) is 10.8. The number of aliphatic hydroxyl groups excluding tert-OH is 1. The summed E-state index contributed by atoms with van der Waals surface area (Å²) in [4.78, 5) is 0. The summed E-state index contributed by atoms with van der Waals surface area (Å²) in [5.41, 5.74) is 3.76. The van der Waals surface area contributed by atoms with Crippen molar-refractivity contribution in [3.8, 4) is 0 Å². The van der Waals surface area contributed by atoms with E-state index in [1.165, 1.54) is 22.2 Å². The quantitative estimate of drug-likeness (QED) is 0.796. The van der Waals surface area contributed by atoms with E-state index in [0.29, 0.717) is 0 Å². The number of nitrogens with zero attached hydrogens (tertiary/aromatic N) is 1. The lowest BCUT2D eigenvalue weighted by atomic mass is 10.1. The molecule has 0 spiro atoms. The highest BCUT2D eigenvalue weighted by molar-refractivity contribution is 5.85. The van der Waals surface area contributed by atoms with E-state index in [-0.39, 0.29) is 6.10 Å². The third-order valence-electron chi connectivity index (χ3n) is 3.03. The van der Waals surface area contributed by atoms with E-state index in [4.69, 9.17) is 0 Å². The summed E-state index contributed by atoms with van der Waals surface area (Å²) >= 11 is 0. The van der Waals surface area contributed by atoms with Gasteiger partial charge in [-0.2, -0.15) is 0 Å². The Morgan fingerprint density at radius 1 is 1.33 bits per heavy atom. The van der Waals surface area contributed by atoms with Crippen LogP contribution in [0.15, 0.2) is 24.3 Å².